The molecule has 0 saturated carbocycles. The molecule has 0 aromatic heterocycles. The lowest BCUT2D eigenvalue weighted by molar-refractivity contribution is 1.31. The molecule has 0 bridgehead atoms. The van der Waals surface area contributed by atoms with Gasteiger partial charge in [-0.1, -0.05) is 121 Å². The first-order valence-electron chi connectivity index (χ1n) is 9.35. The molecule has 0 atom stereocenters. The fourth-order valence-electron chi connectivity index (χ4n) is 3.31. The third-order valence-electron chi connectivity index (χ3n) is 4.79. The summed E-state index contributed by atoms with van der Waals surface area (Å²) >= 11 is 0. The van der Waals surface area contributed by atoms with Crippen molar-refractivity contribution in [3.8, 4) is 22.3 Å². The maximum atomic E-state index is 2.20. The fourth-order valence-corrected chi connectivity index (χ4v) is 3.31. The summed E-state index contributed by atoms with van der Waals surface area (Å²) < 4.78 is 0. The molecule has 4 aromatic rings. The van der Waals surface area contributed by atoms with Crippen molar-refractivity contribution in [3.05, 3.63) is 126 Å². The highest BCUT2D eigenvalue weighted by atomic mass is 14.1. The van der Waals surface area contributed by atoms with E-state index in [-0.39, 0.29) is 0 Å². The largest absolute Gasteiger partial charge is 0.0795 e. The van der Waals surface area contributed by atoms with Gasteiger partial charge in [-0.25, -0.2) is 0 Å². The van der Waals surface area contributed by atoms with Gasteiger partial charge in [-0.05, 0) is 39.8 Å². The van der Waals surface area contributed by atoms with Crippen molar-refractivity contribution < 1.29 is 0 Å². The van der Waals surface area contributed by atoms with Crippen molar-refractivity contribution in [3.63, 3.8) is 0 Å². The van der Waals surface area contributed by atoms with E-state index in [0.29, 0.717) is 0 Å². The summed E-state index contributed by atoms with van der Waals surface area (Å²) in [4.78, 5) is 0. The highest BCUT2D eigenvalue weighted by Gasteiger charge is 2.00. The van der Waals surface area contributed by atoms with Crippen molar-refractivity contribution >= 4 is 6.08 Å². The number of allylic oxidation sites excluding steroid dienone is 1. The molecular formula is C27H22. The van der Waals surface area contributed by atoms with Gasteiger partial charge < -0.3 is 0 Å². The Morgan fingerprint density at radius 3 is 1.37 bits per heavy atom. The van der Waals surface area contributed by atoms with Gasteiger partial charge in [0.2, 0.25) is 0 Å². The Bertz CT molecular complexity index is 952. The predicted octanol–water partition coefficient (Wildman–Crippen LogP) is 7.28. The normalized spacial score (nSPS) is 11.4. The summed E-state index contributed by atoms with van der Waals surface area (Å²) in [6, 6.07) is 38.1. The monoisotopic (exact) mass is 346 g/mol. The van der Waals surface area contributed by atoms with Crippen LogP contribution >= 0.6 is 0 Å². The van der Waals surface area contributed by atoms with Crippen molar-refractivity contribution in [2.45, 2.75) is 6.42 Å². The Balaban J connectivity index is 0.000000167. The summed E-state index contributed by atoms with van der Waals surface area (Å²) in [7, 11) is 0. The summed E-state index contributed by atoms with van der Waals surface area (Å²) in [6.45, 7) is 0. The molecule has 27 heavy (non-hydrogen) atoms. The Morgan fingerprint density at radius 2 is 0.852 bits per heavy atom. The second kappa shape index (κ2) is 8.33. The quantitative estimate of drug-likeness (QED) is 0.358. The van der Waals surface area contributed by atoms with Crippen LogP contribution in [0.15, 0.2) is 115 Å². The fraction of sp³-hybridized carbons (Fsp3) is 0.0370. The van der Waals surface area contributed by atoms with Crippen LogP contribution in [-0.4, -0.2) is 0 Å². The lowest BCUT2D eigenvalue weighted by Gasteiger charge is -2.04. The van der Waals surface area contributed by atoms with Gasteiger partial charge in [0.1, 0.15) is 0 Å². The zero-order chi connectivity index (χ0) is 18.3. The molecule has 1 aliphatic carbocycles. The molecule has 0 radical (unpaired) electrons. The molecule has 0 unspecified atom stereocenters. The molecule has 4 aromatic carbocycles. The highest BCUT2D eigenvalue weighted by molar-refractivity contribution is 5.70. The summed E-state index contributed by atoms with van der Waals surface area (Å²) in [5.74, 6) is 0. The highest BCUT2D eigenvalue weighted by Crippen LogP contribution is 2.24. The standard InChI is InChI=1S/C18H14.C9H8/c1-3-7-15(8-4-1)17-11-13-18(14-12-17)16-9-5-2-6-10-16;1-2-5-9-7-3-6-8(9)4-1/h1-14H;1-6H,7H2. The van der Waals surface area contributed by atoms with E-state index in [2.05, 4.69) is 109 Å². The van der Waals surface area contributed by atoms with Crippen LogP contribution in [0, 0.1) is 0 Å². The second-order valence-corrected chi connectivity index (χ2v) is 6.61. The van der Waals surface area contributed by atoms with Gasteiger partial charge in [0.05, 0.1) is 0 Å². The third-order valence-corrected chi connectivity index (χ3v) is 4.79. The SMILES string of the molecule is C1=Cc2ccccc2C1.c1ccc(-c2ccc(-c3ccccc3)cc2)cc1. The molecule has 5 rings (SSSR count). The number of rotatable bonds is 2. The van der Waals surface area contributed by atoms with Crippen LogP contribution in [0.25, 0.3) is 28.3 Å². The minimum atomic E-state index is 1.12. The van der Waals surface area contributed by atoms with E-state index in [0.717, 1.165) is 6.42 Å². The molecular weight excluding hydrogens is 324 g/mol. The molecule has 0 heterocycles. The molecule has 0 spiro atoms. The lowest BCUT2D eigenvalue weighted by atomic mass is 10.0. The third kappa shape index (κ3) is 4.24. The van der Waals surface area contributed by atoms with E-state index >= 15 is 0 Å². The Labute approximate surface area is 161 Å². The molecule has 0 heteroatoms. The number of fused-ring (bicyclic) bond motifs is 1. The maximum Gasteiger partial charge on any atom is -0.00882 e. The van der Waals surface area contributed by atoms with Crippen LogP contribution in [-0.2, 0) is 6.42 Å². The van der Waals surface area contributed by atoms with Crippen molar-refractivity contribution in [1.82, 2.24) is 0 Å². The molecule has 1 aliphatic rings. The van der Waals surface area contributed by atoms with E-state index < -0.39 is 0 Å². The first-order chi connectivity index (χ1) is 13.4. The Kier molecular flexibility index (Phi) is 5.26. The van der Waals surface area contributed by atoms with E-state index in [9.17, 15) is 0 Å². The number of hydrogen-bond donors (Lipinski definition) is 0. The summed E-state index contributed by atoms with van der Waals surface area (Å²) in [5.41, 5.74) is 7.88. The number of hydrogen-bond acceptors (Lipinski definition) is 0. The van der Waals surface area contributed by atoms with E-state index in [1.807, 2.05) is 12.1 Å². The summed E-state index contributed by atoms with van der Waals surface area (Å²) in [6.07, 6.45) is 5.50. The second-order valence-electron chi connectivity index (χ2n) is 6.61. The first-order valence-corrected chi connectivity index (χ1v) is 9.35. The molecule has 0 nitrogen and oxygen atoms in total. The maximum absolute atomic E-state index is 2.20. The molecule has 0 fully saturated rings. The minimum absolute atomic E-state index is 1.12. The zero-order valence-electron chi connectivity index (χ0n) is 15.3. The van der Waals surface area contributed by atoms with Gasteiger partial charge in [-0.2, -0.15) is 0 Å². The van der Waals surface area contributed by atoms with Crippen LogP contribution in [0.5, 0.6) is 0 Å². The van der Waals surface area contributed by atoms with E-state index in [4.69, 9.17) is 0 Å². The van der Waals surface area contributed by atoms with Crippen LogP contribution in [0.1, 0.15) is 11.1 Å². The molecule has 130 valence electrons. The average molecular weight is 346 g/mol. The van der Waals surface area contributed by atoms with E-state index in [1.165, 1.54) is 33.4 Å². The minimum Gasteiger partial charge on any atom is -0.0795 e. The Morgan fingerprint density at radius 1 is 0.407 bits per heavy atom. The molecule has 0 aliphatic heterocycles. The Hall–Kier alpha value is -3.38. The topological polar surface area (TPSA) is 0 Å². The van der Waals surface area contributed by atoms with Gasteiger partial charge >= 0.3 is 0 Å². The van der Waals surface area contributed by atoms with Crippen LogP contribution in [0.4, 0.5) is 0 Å². The molecule has 0 saturated heterocycles. The van der Waals surface area contributed by atoms with Crippen LogP contribution in [0.2, 0.25) is 0 Å². The molecule has 0 amide bonds. The first kappa shape index (κ1) is 17.1. The van der Waals surface area contributed by atoms with Crippen molar-refractivity contribution in [2.24, 2.45) is 0 Å². The van der Waals surface area contributed by atoms with Gasteiger partial charge in [-0.3, -0.25) is 0 Å². The van der Waals surface area contributed by atoms with Crippen molar-refractivity contribution in [1.29, 1.82) is 0 Å². The van der Waals surface area contributed by atoms with Gasteiger partial charge in [0.15, 0.2) is 0 Å². The average Bonchev–Trinajstić information content (AvgIpc) is 3.25. The van der Waals surface area contributed by atoms with Crippen LogP contribution < -0.4 is 0 Å². The zero-order valence-corrected chi connectivity index (χ0v) is 15.3. The molecule has 0 N–H and O–H groups in total. The van der Waals surface area contributed by atoms with Crippen molar-refractivity contribution in [2.75, 3.05) is 0 Å². The van der Waals surface area contributed by atoms with Crippen LogP contribution in [0.3, 0.4) is 0 Å². The lowest BCUT2D eigenvalue weighted by Crippen LogP contribution is -1.79. The number of benzene rings is 4. The van der Waals surface area contributed by atoms with Gasteiger partial charge in [0.25, 0.3) is 0 Å². The van der Waals surface area contributed by atoms with E-state index in [1.54, 1.807) is 0 Å². The smallest absolute Gasteiger partial charge is 0.00882 e. The predicted molar refractivity (Wildman–Crippen MR) is 116 cm³/mol. The summed E-state index contributed by atoms with van der Waals surface area (Å²) in [5, 5.41) is 0. The van der Waals surface area contributed by atoms with Gasteiger partial charge in [-0.15, -0.1) is 0 Å². The van der Waals surface area contributed by atoms with Gasteiger partial charge in [0, 0.05) is 0 Å².